The van der Waals surface area contributed by atoms with Crippen molar-refractivity contribution >= 4 is 5.78 Å². The number of rotatable bonds is 6. The van der Waals surface area contributed by atoms with E-state index in [0.29, 0.717) is 12.3 Å². The summed E-state index contributed by atoms with van der Waals surface area (Å²) in [5, 5.41) is 0. The number of Topliss-reactive ketones (excluding diaryl/α,β-unsaturated/α-hetero) is 1. The Bertz CT molecular complexity index is 515. The Morgan fingerprint density at radius 2 is 1.40 bits per heavy atom. The maximum Gasteiger partial charge on any atom is 0.133 e. The van der Waals surface area contributed by atoms with Crippen LogP contribution in [-0.2, 0) is 4.79 Å². The van der Waals surface area contributed by atoms with Gasteiger partial charge in [-0.05, 0) is 24.5 Å². The van der Waals surface area contributed by atoms with Crippen molar-refractivity contribution in [3.63, 3.8) is 0 Å². The smallest absolute Gasteiger partial charge is 0.133 e. The van der Waals surface area contributed by atoms with Gasteiger partial charge in [0.2, 0.25) is 0 Å². The lowest BCUT2D eigenvalue weighted by Gasteiger charge is -2.16. The Morgan fingerprint density at radius 3 is 1.85 bits per heavy atom. The Morgan fingerprint density at radius 1 is 0.900 bits per heavy atom. The molecule has 0 bridgehead atoms. The first-order chi connectivity index (χ1) is 9.77. The van der Waals surface area contributed by atoms with E-state index in [1.54, 1.807) is 6.92 Å². The van der Waals surface area contributed by atoms with Crippen LogP contribution in [0.5, 0.6) is 0 Å². The van der Waals surface area contributed by atoms with Gasteiger partial charge in [0.05, 0.1) is 0 Å². The van der Waals surface area contributed by atoms with Crippen LogP contribution in [0, 0.1) is 0 Å². The van der Waals surface area contributed by atoms with Gasteiger partial charge in [0, 0.05) is 12.3 Å². The molecule has 0 aliphatic carbocycles. The first-order valence-electron chi connectivity index (χ1n) is 7.01. The fourth-order valence-corrected chi connectivity index (χ4v) is 2.32. The van der Waals surface area contributed by atoms with Gasteiger partial charge in [-0.25, -0.2) is 0 Å². The second-order valence-corrected chi connectivity index (χ2v) is 4.99. The third-order valence-electron chi connectivity index (χ3n) is 3.35. The molecule has 2 rings (SSSR count). The molecule has 0 saturated heterocycles. The molecular weight excluding hydrogens is 244 g/mol. The molecule has 0 unspecified atom stereocenters. The van der Waals surface area contributed by atoms with Gasteiger partial charge >= 0.3 is 0 Å². The first-order valence-corrected chi connectivity index (χ1v) is 7.01. The largest absolute Gasteiger partial charge is 0.300 e. The third kappa shape index (κ3) is 4.20. The quantitative estimate of drug-likeness (QED) is 0.688. The fraction of sp³-hybridized carbons (Fsp3) is 0.211. The van der Waals surface area contributed by atoms with Crippen LogP contribution in [0.15, 0.2) is 72.8 Å². The lowest BCUT2D eigenvalue weighted by atomic mass is 9.88. The zero-order valence-corrected chi connectivity index (χ0v) is 11.8. The average molecular weight is 264 g/mol. The minimum Gasteiger partial charge on any atom is -0.300 e. The third-order valence-corrected chi connectivity index (χ3v) is 3.35. The van der Waals surface area contributed by atoms with Crippen molar-refractivity contribution in [1.29, 1.82) is 0 Å². The Labute approximate surface area is 121 Å². The molecule has 0 spiro atoms. The van der Waals surface area contributed by atoms with Crippen LogP contribution < -0.4 is 0 Å². The van der Waals surface area contributed by atoms with Gasteiger partial charge in [-0.15, -0.1) is 0 Å². The van der Waals surface area contributed by atoms with E-state index in [1.807, 2.05) is 18.2 Å². The number of allylic oxidation sites excluding steroid dienone is 2. The van der Waals surface area contributed by atoms with Gasteiger partial charge in [-0.3, -0.25) is 4.79 Å². The molecule has 0 radical (unpaired) electrons. The summed E-state index contributed by atoms with van der Waals surface area (Å²) in [6, 6.07) is 21.0. The first kappa shape index (κ1) is 14.3. The van der Waals surface area contributed by atoms with Crippen LogP contribution in [0.4, 0.5) is 0 Å². The molecule has 0 atom stereocenters. The highest BCUT2D eigenvalue weighted by atomic mass is 16.1. The van der Waals surface area contributed by atoms with Crippen molar-refractivity contribution in [2.45, 2.75) is 25.7 Å². The summed E-state index contributed by atoms with van der Waals surface area (Å²) in [4.78, 5) is 11.0. The lowest BCUT2D eigenvalue weighted by Crippen LogP contribution is -1.99. The Kier molecular flexibility index (Phi) is 5.31. The number of carbonyl (C=O) groups is 1. The maximum absolute atomic E-state index is 11.0. The maximum atomic E-state index is 11.0. The van der Waals surface area contributed by atoms with Crippen molar-refractivity contribution in [3.8, 4) is 0 Å². The fourth-order valence-electron chi connectivity index (χ4n) is 2.32. The molecule has 2 aromatic rings. The predicted octanol–water partition coefficient (Wildman–Crippen LogP) is 4.74. The molecule has 0 amide bonds. The van der Waals surface area contributed by atoms with E-state index in [2.05, 4.69) is 54.6 Å². The van der Waals surface area contributed by atoms with Gasteiger partial charge in [0.25, 0.3) is 0 Å². The van der Waals surface area contributed by atoms with Crippen LogP contribution in [0.1, 0.15) is 36.8 Å². The molecule has 0 fully saturated rings. The number of benzene rings is 2. The predicted molar refractivity (Wildman–Crippen MR) is 83.8 cm³/mol. The summed E-state index contributed by atoms with van der Waals surface area (Å²) >= 11 is 0. The van der Waals surface area contributed by atoms with Gasteiger partial charge < -0.3 is 0 Å². The van der Waals surface area contributed by atoms with E-state index < -0.39 is 0 Å². The molecule has 0 aliphatic heterocycles. The number of hydrogen-bond acceptors (Lipinski definition) is 1. The van der Waals surface area contributed by atoms with Crippen molar-refractivity contribution in [2.24, 2.45) is 0 Å². The number of carbonyl (C=O) groups excluding carboxylic acids is 1. The number of hydrogen-bond donors (Lipinski definition) is 0. The summed E-state index contributed by atoms with van der Waals surface area (Å²) < 4.78 is 0. The van der Waals surface area contributed by atoms with E-state index in [0.717, 1.165) is 6.42 Å². The molecular formula is C19H20O. The summed E-state index contributed by atoms with van der Waals surface area (Å²) in [6.07, 6.45) is 5.53. The van der Waals surface area contributed by atoms with Crippen molar-refractivity contribution in [3.05, 3.63) is 83.9 Å². The molecule has 0 aliphatic rings. The minimum absolute atomic E-state index is 0.206. The molecule has 0 saturated carbocycles. The summed E-state index contributed by atoms with van der Waals surface area (Å²) in [6.45, 7) is 1.62. The zero-order chi connectivity index (χ0) is 14.2. The van der Waals surface area contributed by atoms with E-state index in [1.165, 1.54) is 11.1 Å². The van der Waals surface area contributed by atoms with Gasteiger partial charge in [-0.1, -0.05) is 72.8 Å². The zero-order valence-electron chi connectivity index (χ0n) is 11.8. The standard InChI is InChI=1S/C19H20O/c1-16(20)10-8-9-15-19(17-11-4-2-5-12-17)18-13-6-3-7-14-18/h2-9,11-14,19H,10,15H2,1H3/b9-8+. The normalized spacial score (nSPS) is 11.1. The topological polar surface area (TPSA) is 17.1 Å². The van der Waals surface area contributed by atoms with Crippen LogP contribution >= 0.6 is 0 Å². The molecule has 20 heavy (non-hydrogen) atoms. The highest BCUT2D eigenvalue weighted by molar-refractivity contribution is 5.76. The average Bonchev–Trinajstić information content (AvgIpc) is 2.49. The van der Waals surface area contributed by atoms with Crippen molar-refractivity contribution in [2.75, 3.05) is 0 Å². The molecule has 1 nitrogen and oxygen atoms in total. The van der Waals surface area contributed by atoms with Crippen LogP contribution in [0.3, 0.4) is 0 Å². The molecule has 0 aromatic heterocycles. The monoisotopic (exact) mass is 264 g/mol. The van der Waals surface area contributed by atoms with E-state index in [-0.39, 0.29) is 5.78 Å². The van der Waals surface area contributed by atoms with Crippen molar-refractivity contribution < 1.29 is 4.79 Å². The van der Waals surface area contributed by atoms with E-state index >= 15 is 0 Å². The van der Waals surface area contributed by atoms with Crippen LogP contribution in [0.2, 0.25) is 0 Å². The van der Waals surface area contributed by atoms with Gasteiger partial charge in [-0.2, -0.15) is 0 Å². The Hall–Kier alpha value is -2.15. The van der Waals surface area contributed by atoms with E-state index in [4.69, 9.17) is 0 Å². The second-order valence-electron chi connectivity index (χ2n) is 4.99. The second kappa shape index (κ2) is 7.44. The minimum atomic E-state index is 0.206. The van der Waals surface area contributed by atoms with Gasteiger partial charge in [0.15, 0.2) is 0 Å². The van der Waals surface area contributed by atoms with E-state index in [9.17, 15) is 4.79 Å². The molecule has 102 valence electrons. The SMILES string of the molecule is CC(=O)C/C=C/CC(c1ccccc1)c1ccccc1. The molecule has 0 heterocycles. The highest BCUT2D eigenvalue weighted by Crippen LogP contribution is 2.28. The highest BCUT2D eigenvalue weighted by Gasteiger charge is 2.11. The summed E-state index contributed by atoms with van der Waals surface area (Å²) in [5.41, 5.74) is 2.62. The molecule has 1 heteroatoms. The summed E-state index contributed by atoms with van der Waals surface area (Å²) in [5.74, 6) is 0.554. The van der Waals surface area contributed by atoms with Gasteiger partial charge in [0.1, 0.15) is 5.78 Å². The molecule has 0 N–H and O–H groups in total. The summed E-state index contributed by atoms with van der Waals surface area (Å²) in [7, 11) is 0. The molecule has 2 aromatic carbocycles. The Balaban J connectivity index is 2.17. The number of ketones is 1. The lowest BCUT2D eigenvalue weighted by molar-refractivity contribution is -0.116. The van der Waals surface area contributed by atoms with Crippen molar-refractivity contribution in [1.82, 2.24) is 0 Å². The van der Waals surface area contributed by atoms with Crippen LogP contribution in [-0.4, -0.2) is 5.78 Å². The van der Waals surface area contributed by atoms with Crippen LogP contribution in [0.25, 0.3) is 0 Å².